The molecule has 0 radical (unpaired) electrons. The van der Waals surface area contributed by atoms with Gasteiger partial charge in [0.05, 0.1) is 12.7 Å². The highest BCUT2D eigenvalue weighted by atomic mass is 16.6. The molecule has 0 fully saturated rings. The molecule has 1 aromatic heterocycles. The maximum absolute atomic E-state index is 12.1. The molecule has 22 heavy (non-hydrogen) atoms. The van der Waals surface area contributed by atoms with Crippen LogP contribution in [0.4, 0.5) is 4.79 Å². The van der Waals surface area contributed by atoms with E-state index < -0.39 is 12.1 Å². The van der Waals surface area contributed by atoms with Crippen LogP contribution in [0.5, 0.6) is 0 Å². The lowest BCUT2D eigenvalue weighted by molar-refractivity contribution is 0.0677. The summed E-state index contributed by atoms with van der Waals surface area (Å²) >= 11 is 0. The third kappa shape index (κ3) is 2.78. The quantitative estimate of drug-likeness (QED) is 0.933. The molecule has 7 nitrogen and oxygen atoms in total. The second-order valence-electron chi connectivity index (χ2n) is 4.98. The zero-order valence-electron chi connectivity index (χ0n) is 11.8. The van der Waals surface area contributed by atoms with Crippen molar-refractivity contribution in [1.82, 2.24) is 14.5 Å². The van der Waals surface area contributed by atoms with Crippen LogP contribution in [-0.2, 0) is 24.4 Å². The molecular weight excluding hydrogens is 286 g/mol. The van der Waals surface area contributed by atoms with Crippen molar-refractivity contribution in [3.63, 3.8) is 0 Å². The highest BCUT2D eigenvalue weighted by Crippen LogP contribution is 2.15. The molecule has 1 amide bonds. The summed E-state index contributed by atoms with van der Waals surface area (Å²) in [5, 5.41) is 9.05. The van der Waals surface area contributed by atoms with Crippen LogP contribution >= 0.6 is 0 Å². The number of benzene rings is 1. The Kier molecular flexibility index (Phi) is 3.78. The molecule has 1 N–H and O–H groups in total. The van der Waals surface area contributed by atoms with E-state index in [1.807, 2.05) is 30.3 Å². The first kappa shape index (κ1) is 14.1. The number of aromatic nitrogens is 2. The predicted molar refractivity (Wildman–Crippen MR) is 76.2 cm³/mol. The second kappa shape index (κ2) is 5.88. The molecule has 1 aliphatic rings. The fraction of sp³-hybridized carbons (Fsp3) is 0.267. The molecule has 2 heterocycles. The van der Waals surface area contributed by atoms with E-state index in [1.54, 1.807) is 4.57 Å². The molecule has 1 aromatic carbocycles. The number of carboxylic acid groups (broad SMARTS) is 1. The summed E-state index contributed by atoms with van der Waals surface area (Å²) in [6, 6.07) is 9.43. The van der Waals surface area contributed by atoms with Gasteiger partial charge in [-0.25, -0.2) is 14.6 Å². The Balaban J connectivity index is 1.62. The third-order valence-corrected chi connectivity index (χ3v) is 3.55. The van der Waals surface area contributed by atoms with Gasteiger partial charge < -0.3 is 14.4 Å². The first-order valence-electron chi connectivity index (χ1n) is 6.88. The van der Waals surface area contributed by atoms with E-state index in [1.165, 1.54) is 11.1 Å². The second-order valence-corrected chi connectivity index (χ2v) is 4.98. The average molecular weight is 301 g/mol. The van der Waals surface area contributed by atoms with Crippen LogP contribution in [0.1, 0.15) is 21.9 Å². The number of imidazole rings is 1. The first-order valence-corrected chi connectivity index (χ1v) is 6.88. The minimum absolute atomic E-state index is 0.146. The van der Waals surface area contributed by atoms with Crippen molar-refractivity contribution in [2.45, 2.75) is 19.7 Å². The maximum atomic E-state index is 12.1. The number of hydrogen-bond acceptors (Lipinski definition) is 4. The minimum Gasteiger partial charge on any atom is -0.477 e. The van der Waals surface area contributed by atoms with Crippen molar-refractivity contribution in [2.75, 3.05) is 6.54 Å². The molecule has 0 atom stereocenters. The molecule has 1 aliphatic heterocycles. The van der Waals surface area contributed by atoms with Gasteiger partial charge in [0, 0.05) is 13.1 Å². The normalized spacial score (nSPS) is 13.5. The van der Waals surface area contributed by atoms with Crippen LogP contribution in [0.15, 0.2) is 36.5 Å². The van der Waals surface area contributed by atoms with E-state index in [0.717, 1.165) is 5.56 Å². The molecule has 3 rings (SSSR count). The van der Waals surface area contributed by atoms with Gasteiger partial charge in [-0.2, -0.15) is 0 Å². The van der Waals surface area contributed by atoms with Crippen molar-refractivity contribution in [3.05, 3.63) is 53.6 Å². The van der Waals surface area contributed by atoms with Crippen molar-refractivity contribution in [2.24, 2.45) is 0 Å². The first-order chi connectivity index (χ1) is 10.6. The van der Waals surface area contributed by atoms with Gasteiger partial charge in [-0.15, -0.1) is 0 Å². The van der Waals surface area contributed by atoms with Crippen LogP contribution in [0.2, 0.25) is 0 Å². The Morgan fingerprint density at radius 2 is 2.00 bits per heavy atom. The van der Waals surface area contributed by atoms with Crippen molar-refractivity contribution in [1.29, 1.82) is 0 Å². The number of fused-ring (bicyclic) bond motifs is 1. The standard InChI is InChI=1S/C15H15N3O4/c19-14(20)12-8-16-13-9-17(6-7-18(12)13)15(21)22-10-11-4-2-1-3-5-11/h1-5,8H,6-7,9-10H2,(H,19,20). The summed E-state index contributed by atoms with van der Waals surface area (Å²) in [5.41, 5.74) is 1.06. The molecule has 0 unspecified atom stereocenters. The summed E-state index contributed by atoms with van der Waals surface area (Å²) in [7, 11) is 0. The molecule has 0 saturated carbocycles. The van der Waals surface area contributed by atoms with E-state index in [4.69, 9.17) is 9.84 Å². The Labute approximate surface area is 126 Å². The van der Waals surface area contributed by atoms with Crippen LogP contribution in [0, 0.1) is 0 Å². The van der Waals surface area contributed by atoms with Crippen molar-refractivity contribution >= 4 is 12.1 Å². The highest BCUT2D eigenvalue weighted by molar-refractivity contribution is 5.85. The summed E-state index contributed by atoms with van der Waals surface area (Å²) in [6.45, 7) is 1.26. The summed E-state index contributed by atoms with van der Waals surface area (Å²) in [6.07, 6.45) is 0.895. The lowest BCUT2D eigenvalue weighted by Gasteiger charge is -2.27. The van der Waals surface area contributed by atoms with Gasteiger partial charge in [0.25, 0.3) is 0 Å². The zero-order chi connectivity index (χ0) is 15.5. The van der Waals surface area contributed by atoms with Gasteiger partial charge >= 0.3 is 12.1 Å². The number of hydrogen-bond donors (Lipinski definition) is 1. The summed E-state index contributed by atoms with van der Waals surface area (Å²) in [5.74, 6) is -0.459. The van der Waals surface area contributed by atoms with Gasteiger partial charge in [0.15, 0.2) is 0 Å². The molecular formula is C15H15N3O4. The monoisotopic (exact) mass is 301 g/mol. The number of rotatable bonds is 3. The topological polar surface area (TPSA) is 84.7 Å². The summed E-state index contributed by atoms with van der Waals surface area (Å²) < 4.78 is 6.88. The van der Waals surface area contributed by atoms with Crippen molar-refractivity contribution < 1.29 is 19.4 Å². The SMILES string of the molecule is O=C(O)c1cnc2n1CCN(C(=O)OCc1ccccc1)C2. The Morgan fingerprint density at radius 1 is 1.23 bits per heavy atom. The van der Waals surface area contributed by atoms with E-state index in [-0.39, 0.29) is 18.8 Å². The van der Waals surface area contributed by atoms with E-state index >= 15 is 0 Å². The van der Waals surface area contributed by atoms with Gasteiger partial charge in [-0.1, -0.05) is 30.3 Å². The van der Waals surface area contributed by atoms with Crippen LogP contribution in [-0.4, -0.2) is 38.2 Å². The smallest absolute Gasteiger partial charge is 0.410 e. The number of amides is 1. The van der Waals surface area contributed by atoms with Gasteiger partial charge in [0.1, 0.15) is 18.1 Å². The number of nitrogens with zero attached hydrogens (tertiary/aromatic N) is 3. The number of carbonyl (C=O) groups is 2. The lowest BCUT2D eigenvalue weighted by Crippen LogP contribution is -2.39. The highest BCUT2D eigenvalue weighted by Gasteiger charge is 2.26. The molecule has 0 bridgehead atoms. The van der Waals surface area contributed by atoms with E-state index in [0.29, 0.717) is 18.9 Å². The largest absolute Gasteiger partial charge is 0.477 e. The number of aromatic carboxylic acids is 1. The average Bonchev–Trinajstić information content (AvgIpc) is 2.97. The fourth-order valence-corrected chi connectivity index (χ4v) is 2.40. The van der Waals surface area contributed by atoms with Crippen molar-refractivity contribution in [3.8, 4) is 0 Å². The van der Waals surface area contributed by atoms with Crippen LogP contribution in [0.25, 0.3) is 0 Å². The maximum Gasteiger partial charge on any atom is 0.410 e. The number of ether oxygens (including phenoxy) is 1. The third-order valence-electron chi connectivity index (χ3n) is 3.55. The molecule has 0 aliphatic carbocycles. The van der Waals surface area contributed by atoms with E-state index in [9.17, 15) is 9.59 Å². The van der Waals surface area contributed by atoms with Gasteiger partial charge in [-0.05, 0) is 5.56 Å². The Morgan fingerprint density at radius 3 is 2.73 bits per heavy atom. The molecule has 114 valence electrons. The van der Waals surface area contributed by atoms with Crippen LogP contribution in [0.3, 0.4) is 0 Å². The van der Waals surface area contributed by atoms with Gasteiger partial charge in [-0.3, -0.25) is 4.90 Å². The van der Waals surface area contributed by atoms with E-state index in [2.05, 4.69) is 4.98 Å². The molecule has 0 saturated heterocycles. The Bertz CT molecular complexity index is 696. The molecule has 2 aromatic rings. The minimum atomic E-state index is -1.01. The zero-order valence-corrected chi connectivity index (χ0v) is 11.8. The molecule has 0 spiro atoms. The van der Waals surface area contributed by atoms with Gasteiger partial charge in [0.2, 0.25) is 0 Å². The van der Waals surface area contributed by atoms with Crippen LogP contribution < -0.4 is 0 Å². The number of carboxylic acids is 1. The predicted octanol–water partition coefficient (Wildman–Crippen LogP) is 1.73. The lowest BCUT2D eigenvalue weighted by atomic mass is 10.2. The fourth-order valence-electron chi connectivity index (χ4n) is 2.40. The summed E-state index contributed by atoms with van der Waals surface area (Å²) in [4.78, 5) is 28.7. The molecule has 7 heteroatoms. The Hall–Kier alpha value is -2.83. The number of carbonyl (C=O) groups excluding carboxylic acids is 1.